The monoisotopic (exact) mass is 494 g/mol. The van der Waals surface area contributed by atoms with Crippen LogP contribution in [0, 0.1) is 33.8 Å². The fraction of sp³-hybridized carbons (Fsp3) is 0.360. The molecule has 0 saturated heterocycles. The molecule has 2 aromatic rings. The van der Waals surface area contributed by atoms with Gasteiger partial charge in [-0.3, -0.25) is 19.8 Å². The largest absolute Gasteiger partial charge is 0.384 e. The molecule has 0 fully saturated rings. The van der Waals surface area contributed by atoms with Gasteiger partial charge in [0.05, 0.1) is 32.4 Å². The summed E-state index contributed by atoms with van der Waals surface area (Å²) in [5.74, 6) is 0.536. The van der Waals surface area contributed by atoms with E-state index in [4.69, 9.17) is 5.73 Å². The van der Waals surface area contributed by atoms with Crippen LogP contribution >= 0.6 is 23.1 Å². The van der Waals surface area contributed by atoms with Gasteiger partial charge in [-0.15, -0.1) is 23.1 Å². The molecule has 0 spiro atoms. The maximum absolute atomic E-state index is 13.7. The van der Waals surface area contributed by atoms with Gasteiger partial charge in [-0.2, -0.15) is 5.26 Å². The second-order valence-corrected chi connectivity index (χ2v) is 11.8. The fourth-order valence-corrected chi connectivity index (χ4v) is 6.88. The highest BCUT2D eigenvalue weighted by Gasteiger charge is 2.45. The van der Waals surface area contributed by atoms with Gasteiger partial charge >= 0.3 is 0 Å². The normalized spacial score (nSPS) is 19.8. The summed E-state index contributed by atoms with van der Waals surface area (Å²) in [5, 5.41) is 23.7. The highest BCUT2D eigenvalue weighted by Crippen LogP contribution is 2.52. The Hall–Kier alpha value is -3.09. The predicted octanol–water partition coefficient (Wildman–Crippen LogP) is 6.02. The zero-order valence-corrected chi connectivity index (χ0v) is 21.2. The summed E-state index contributed by atoms with van der Waals surface area (Å²) >= 11 is 3.28. The molecular formula is C25H26N4O3S2. The van der Waals surface area contributed by atoms with E-state index in [1.807, 2.05) is 32.2 Å². The molecule has 34 heavy (non-hydrogen) atoms. The Morgan fingerprint density at radius 3 is 2.74 bits per heavy atom. The molecule has 1 aliphatic carbocycles. The highest BCUT2D eigenvalue weighted by molar-refractivity contribution is 8.01. The molecule has 0 saturated carbocycles. The molecule has 0 unspecified atom stereocenters. The quantitative estimate of drug-likeness (QED) is 0.307. The number of thioether (sulfide) groups is 1. The van der Waals surface area contributed by atoms with Crippen LogP contribution in [-0.2, 0) is 4.79 Å². The molecule has 1 aromatic carbocycles. The first-order chi connectivity index (χ1) is 16.1. The third-order valence-electron chi connectivity index (χ3n) is 6.27. The van der Waals surface area contributed by atoms with E-state index in [0.29, 0.717) is 29.7 Å². The number of non-ortho nitro benzene ring substituents is 1. The molecule has 9 heteroatoms. The van der Waals surface area contributed by atoms with Gasteiger partial charge in [0.2, 0.25) is 0 Å². The number of rotatable bonds is 5. The predicted molar refractivity (Wildman–Crippen MR) is 136 cm³/mol. The van der Waals surface area contributed by atoms with Crippen molar-refractivity contribution in [2.24, 2.45) is 11.1 Å². The lowest BCUT2D eigenvalue weighted by Crippen LogP contribution is -2.42. The molecule has 2 aliphatic rings. The van der Waals surface area contributed by atoms with E-state index < -0.39 is 10.8 Å². The summed E-state index contributed by atoms with van der Waals surface area (Å²) in [4.78, 5) is 26.4. The van der Waals surface area contributed by atoms with Crippen molar-refractivity contribution >= 4 is 40.3 Å². The Morgan fingerprint density at radius 1 is 1.35 bits per heavy atom. The lowest BCUT2D eigenvalue weighted by Gasteiger charge is -2.44. The molecule has 0 radical (unpaired) electrons. The van der Waals surface area contributed by atoms with Crippen molar-refractivity contribution in [3.63, 3.8) is 0 Å². The number of nitro groups is 1. The molecule has 0 amide bonds. The standard InChI is InChI=1S/C25H26N4O3S2/c1-5-33-24-16(8-9-34-24)21-17(13-26)23(27)28(18-10-15(29(31)32)7-6-14(18)2)19-11-25(3,4)12-20(30)22(19)21/h6-10,21H,5,11-12,27H2,1-4H3/t21-/m0/s1. The topological polar surface area (TPSA) is 113 Å². The molecule has 2 heterocycles. The van der Waals surface area contributed by atoms with Gasteiger partial charge in [-0.1, -0.05) is 26.8 Å². The molecule has 4 rings (SSSR count). The van der Waals surface area contributed by atoms with Crippen LogP contribution in [0.1, 0.15) is 50.7 Å². The van der Waals surface area contributed by atoms with E-state index in [2.05, 4.69) is 13.0 Å². The number of hydrogen-bond donors (Lipinski definition) is 1. The van der Waals surface area contributed by atoms with Crippen molar-refractivity contribution in [2.45, 2.75) is 50.7 Å². The van der Waals surface area contributed by atoms with Crippen molar-refractivity contribution in [3.8, 4) is 6.07 Å². The Bertz CT molecular complexity index is 1300. The van der Waals surface area contributed by atoms with Crippen LogP contribution in [0.5, 0.6) is 0 Å². The summed E-state index contributed by atoms with van der Waals surface area (Å²) in [7, 11) is 0. The average Bonchev–Trinajstić information content (AvgIpc) is 3.21. The van der Waals surface area contributed by atoms with Gasteiger partial charge in [0.25, 0.3) is 5.69 Å². The second-order valence-electron chi connectivity index (χ2n) is 9.30. The van der Waals surface area contributed by atoms with Gasteiger partial charge in [0.1, 0.15) is 5.82 Å². The number of nitrogens with zero attached hydrogens (tertiary/aromatic N) is 3. The minimum atomic E-state index is -0.542. The number of nitrogens with two attached hydrogens (primary N) is 1. The van der Waals surface area contributed by atoms with E-state index in [1.54, 1.807) is 34.1 Å². The van der Waals surface area contributed by atoms with Crippen molar-refractivity contribution in [2.75, 3.05) is 10.7 Å². The first-order valence-electron chi connectivity index (χ1n) is 11.0. The van der Waals surface area contributed by atoms with Gasteiger partial charge in [-0.25, -0.2) is 0 Å². The van der Waals surface area contributed by atoms with Crippen LogP contribution in [0.3, 0.4) is 0 Å². The number of thiophene rings is 1. The number of hydrogen-bond acceptors (Lipinski definition) is 8. The number of carbonyl (C=O) groups excluding carboxylic acids is 1. The lowest BCUT2D eigenvalue weighted by atomic mass is 9.69. The molecule has 0 bridgehead atoms. The number of aryl methyl sites for hydroxylation is 1. The summed E-state index contributed by atoms with van der Waals surface area (Å²) in [5.41, 5.74) is 10.1. The Labute approximate surface area is 207 Å². The number of allylic oxidation sites excluding steroid dienone is 3. The van der Waals surface area contributed by atoms with Gasteiger partial charge in [-0.05, 0) is 47.1 Å². The van der Waals surface area contributed by atoms with Crippen molar-refractivity contribution in [3.05, 3.63) is 73.6 Å². The zero-order chi connectivity index (χ0) is 24.8. The highest BCUT2D eigenvalue weighted by atomic mass is 32.2. The third-order valence-corrected chi connectivity index (χ3v) is 8.42. The van der Waals surface area contributed by atoms with Crippen LogP contribution < -0.4 is 10.6 Å². The lowest BCUT2D eigenvalue weighted by molar-refractivity contribution is -0.384. The molecule has 1 atom stereocenters. The van der Waals surface area contributed by atoms with E-state index in [1.165, 1.54) is 12.1 Å². The average molecular weight is 495 g/mol. The summed E-state index contributed by atoms with van der Waals surface area (Å²) in [6, 6.07) is 8.84. The van der Waals surface area contributed by atoms with Crippen LogP contribution in [0.15, 0.2) is 56.5 Å². The number of benzene rings is 1. The van der Waals surface area contributed by atoms with Crippen LogP contribution in [0.25, 0.3) is 0 Å². The Balaban J connectivity index is 2.03. The molecule has 176 valence electrons. The maximum Gasteiger partial charge on any atom is 0.271 e. The summed E-state index contributed by atoms with van der Waals surface area (Å²) < 4.78 is 1.07. The van der Waals surface area contributed by atoms with Crippen molar-refractivity contribution < 1.29 is 9.72 Å². The minimum Gasteiger partial charge on any atom is -0.384 e. The molecular weight excluding hydrogens is 468 g/mol. The first kappa shape index (κ1) is 24.0. The van der Waals surface area contributed by atoms with Crippen LogP contribution in [-0.4, -0.2) is 16.5 Å². The molecule has 2 N–H and O–H groups in total. The van der Waals surface area contributed by atoms with Gasteiger partial charge < -0.3 is 5.73 Å². The van der Waals surface area contributed by atoms with Crippen LogP contribution in [0.4, 0.5) is 11.4 Å². The number of anilines is 1. The number of carbonyl (C=O) groups is 1. The summed E-state index contributed by atoms with van der Waals surface area (Å²) in [6.07, 6.45) is 0.926. The third kappa shape index (κ3) is 4.01. The maximum atomic E-state index is 13.7. The van der Waals surface area contributed by atoms with E-state index in [9.17, 15) is 20.2 Å². The van der Waals surface area contributed by atoms with Gasteiger partial charge in [0, 0.05) is 29.8 Å². The minimum absolute atomic E-state index is 0.0109. The summed E-state index contributed by atoms with van der Waals surface area (Å²) in [6.45, 7) is 7.97. The molecule has 7 nitrogen and oxygen atoms in total. The van der Waals surface area contributed by atoms with Crippen molar-refractivity contribution in [1.82, 2.24) is 0 Å². The van der Waals surface area contributed by atoms with E-state index >= 15 is 0 Å². The van der Waals surface area contributed by atoms with Gasteiger partial charge in [0.15, 0.2) is 5.78 Å². The van der Waals surface area contributed by atoms with Crippen molar-refractivity contribution in [1.29, 1.82) is 5.26 Å². The van der Waals surface area contributed by atoms with E-state index in [0.717, 1.165) is 26.8 Å². The zero-order valence-electron chi connectivity index (χ0n) is 19.5. The number of nitriles is 1. The Morgan fingerprint density at radius 2 is 2.09 bits per heavy atom. The smallest absolute Gasteiger partial charge is 0.271 e. The number of ketones is 1. The van der Waals surface area contributed by atoms with E-state index in [-0.39, 0.29) is 22.7 Å². The second kappa shape index (κ2) is 8.93. The first-order valence-corrected chi connectivity index (χ1v) is 12.9. The number of nitro benzene ring substituents is 1. The Kier molecular flexibility index (Phi) is 6.32. The number of Topliss-reactive ketones (excluding diaryl/α,β-unsaturated/α-hetero) is 1. The molecule has 1 aromatic heterocycles. The SMILES string of the molecule is CCSc1sccc1[C@H]1C(C#N)=C(N)N(c2cc([N+](=O)[O-])ccc2C)C2=C1C(=O)CC(C)(C)C2. The van der Waals surface area contributed by atoms with Crippen LogP contribution in [0.2, 0.25) is 0 Å². The fourth-order valence-electron chi connectivity index (χ4n) is 4.81. The molecule has 1 aliphatic heterocycles.